The van der Waals surface area contributed by atoms with Gasteiger partial charge in [0.25, 0.3) is 0 Å². The summed E-state index contributed by atoms with van der Waals surface area (Å²) in [6.07, 6.45) is 4.05. The smallest absolute Gasteiger partial charge is 0.226 e. The van der Waals surface area contributed by atoms with Crippen molar-refractivity contribution >= 4 is 5.91 Å². The molecule has 0 saturated carbocycles. The molecule has 1 aliphatic carbocycles. The fourth-order valence-electron chi connectivity index (χ4n) is 2.96. The summed E-state index contributed by atoms with van der Waals surface area (Å²) in [6.45, 7) is 0.858. The average Bonchev–Trinajstić information content (AvgIpc) is 2.62. The van der Waals surface area contributed by atoms with Crippen LogP contribution in [0.1, 0.15) is 24.0 Å². The Morgan fingerprint density at radius 1 is 1.13 bits per heavy atom. The quantitative estimate of drug-likeness (QED) is 0.680. The van der Waals surface area contributed by atoms with Crippen LogP contribution in [0.5, 0.6) is 0 Å². The van der Waals surface area contributed by atoms with Gasteiger partial charge in [-0.15, -0.1) is 0 Å². The Balaban J connectivity index is 1.96. The van der Waals surface area contributed by atoms with Gasteiger partial charge in [0, 0.05) is 6.54 Å². The van der Waals surface area contributed by atoms with Crippen LogP contribution in [0.4, 0.5) is 0 Å². The molecule has 1 N–H and O–H groups in total. The first-order chi connectivity index (χ1) is 7.30. The molecular formula is C13H15NO. The van der Waals surface area contributed by atoms with Gasteiger partial charge in [-0.05, 0) is 36.8 Å². The van der Waals surface area contributed by atoms with Crippen molar-refractivity contribution in [2.75, 3.05) is 6.54 Å². The van der Waals surface area contributed by atoms with E-state index in [1.165, 1.54) is 11.1 Å². The molecule has 15 heavy (non-hydrogen) atoms. The number of piperidine rings is 1. The van der Waals surface area contributed by atoms with Gasteiger partial charge in [0.2, 0.25) is 5.91 Å². The molecule has 1 amide bonds. The van der Waals surface area contributed by atoms with Crippen molar-refractivity contribution in [2.24, 2.45) is 5.41 Å². The van der Waals surface area contributed by atoms with E-state index in [0.717, 1.165) is 32.2 Å². The van der Waals surface area contributed by atoms with Crippen molar-refractivity contribution in [3.8, 4) is 0 Å². The second kappa shape index (κ2) is 3.09. The lowest BCUT2D eigenvalue weighted by molar-refractivity contribution is -0.133. The molecule has 1 aliphatic heterocycles. The Morgan fingerprint density at radius 2 is 1.80 bits per heavy atom. The van der Waals surface area contributed by atoms with Crippen LogP contribution >= 0.6 is 0 Å². The van der Waals surface area contributed by atoms with E-state index < -0.39 is 0 Å². The Bertz CT molecular complexity index is 386. The Kier molecular flexibility index (Phi) is 1.84. The zero-order chi connectivity index (χ0) is 10.3. The van der Waals surface area contributed by atoms with Crippen LogP contribution in [0.15, 0.2) is 24.3 Å². The molecule has 1 saturated heterocycles. The van der Waals surface area contributed by atoms with Crippen LogP contribution in [0.3, 0.4) is 0 Å². The van der Waals surface area contributed by atoms with Gasteiger partial charge in [-0.25, -0.2) is 0 Å². The van der Waals surface area contributed by atoms with Crippen molar-refractivity contribution in [3.63, 3.8) is 0 Å². The third-order valence-electron chi connectivity index (χ3n) is 3.78. The number of nitrogens with one attached hydrogen (secondary N) is 1. The maximum Gasteiger partial charge on any atom is 0.226 e. The topological polar surface area (TPSA) is 29.1 Å². The Labute approximate surface area is 89.7 Å². The number of rotatable bonds is 0. The predicted octanol–water partition coefficient (Wildman–Crippen LogP) is 1.68. The van der Waals surface area contributed by atoms with E-state index in [2.05, 4.69) is 29.6 Å². The maximum atomic E-state index is 12.0. The second-order valence-electron chi connectivity index (χ2n) is 4.76. The summed E-state index contributed by atoms with van der Waals surface area (Å²) in [4.78, 5) is 12.0. The summed E-state index contributed by atoms with van der Waals surface area (Å²) in [5.74, 6) is 0.268. The lowest BCUT2D eigenvalue weighted by Gasteiger charge is -2.31. The summed E-state index contributed by atoms with van der Waals surface area (Å²) in [5.41, 5.74) is 2.63. The van der Waals surface area contributed by atoms with Crippen molar-refractivity contribution in [2.45, 2.75) is 25.7 Å². The Morgan fingerprint density at radius 3 is 2.40 bits per heavy atom. The molecule has 0 atom stereocenters. The van der Waals surface area contributed by atoms with Crippen molar-refractivity contribution in [3.05, 3.63) is 35.4 Å². The molecular weight excluding hydrogens is 186 g/mol. The average molecular weight is 201 g/mol. The number of amides is 1. The fraction of sp³-hybridized carbons (Fsp3) is 0.462. The van der Waals surface area contributed by atoms with Crippen LogP contribution in [-0.4, -0.2) is 12.5 Å². The highest BCUT2D eigenvalue weighted by atomic mass is 16.2. The second-order valence-corrected chi connectivity index (χ2v) is 4.76. The SMILES string of the molecule is O=C1NCCCC12Cc1ccccc1C2. The number of carbonyl (C=O) groups excluding carboxylic acids is 1. The summed E-state index contributed by atoms with van der Waals surface area (Å²) in [5, 5.41) is 3.01. The highest BCUT2D eigenvalue weighted by Gasteiger charge is 2.44. The molecule has 3 rings (SSSR count). The van der Waals surface area contributed by atoms with Crippen molar-refractivity contribution in [1.29, 1.82) is 0 Å². The standard InChI is InChI=1S/C13H15NO/c15-12-13(6-3-7-14-12)8-10-4-1-2-5-11(10)9-13/h1-2,4-5H,3,6-9H2,(H,14,15). The molecule has 1 heterocycles. The normalized spacial score (nSPS) is 22.5. The van der Waals surface area contributed by atoms with Crippen LogP contribution in [0, 0.1) is 5.41 Å². The number of hydrogen-bond donors (Lipinski definition) is 1. The van der Waals surface area contributed by atoms with Crippen molar-refractivity contribution < 1.29 is 4.79 Å². The summed E-state index contributed by atoms with van der Waals surface area (Å²) in [6, 6.07) is 8.45. The monoisotopic (exact) mass is 201 g/mol. The first-order valence-corrected chi connectivity index (χ1v) is 5.65. The maximum absolute atomic E-state index is 12.0. The van der Waals surface area contributed by atoms with E-state index in [0.29, 0.717) is 0 Å². The third kappa shape index (κ3) is 1.28. The molecule has 1 aromatic carbocycles. The molecule has 0 radical (unpaired) electrons. The van der Waals surface area contributed by atoms with Crippen LogP contribution < -0.4 is 5.32 Å². The highest BCUT2D eigenvalue weighted by Crippen LogP contribution is 2.41. The molecule has 0 unspecified atom stereocenters. The van der Waals surface area contributed by atoms with Gasteiger partial charge >= 0.3 is 0 Å². The van der Waals surface area contributed by atoms with Gasteiger partial charge in [-0.2, -0.15) is 0 Å². The molecule has 0 bridgehead atoms. The van der Waals surface area contributed by atoms with Gasteiger partial charge in [0.15, 0.2) is 0 Å². The van der Waals surface area contributed by atoms with E-state index >= 15 is 0 Å². The molecule has 0 aromatic heterocycles. The highest BCUT2D eigenvalue weighted by molar-refractivity contribution is 5.85. The van der Waals surface area contributed by atoms with Gasteiger partial charge in [-0.1, -0.05) is 24.3 Å². The predicted molar refractivity (Wildman–Crippen MR) is 58.5 cm³/mol. The van der Waals surface area contributed by atoms with Gasteiger partial charge < -0.3 is 5.32 Å². The summed E-state index contributed by atoms with van der Waals surface area (Å²) in [7, 11) is 0. The lowest BCUT2D eigenvalue weighted by Crippen LogP contribution is -2.46. The molecule has 2 aliphatic rings. The van der Waals surface area contributed by atoms with Crippen LogP contribution in [-0.2, 0) is 17.6 Å². The van der Waals surface area contributed by atoms with Gasteiger partial charge in [0.1, 0.15) is 0 Å². The number of carbonyl (C=O) groups is 1. The minimum atomic E-state index is -0.109. The van der Waals surface area contributed by atoms with E-state index in [-0.39, 0.29) is 11.3 Å². The fourth-order valence-corrected chi connectivity index (χ4v) is 2.96. The molecule has 2 nitrogen and oxygen atoms in total. The van der Waals surface area contributed by atoms with E-state index in [1.54, 1.807) is 0 Å². The number of benzene rings is 1. The Hall–Kier alpha value is -1.31. The number of hydrogen-bond acceptors (Lipinski definition) is 1. The minimum Gasteiger partial charge on any atom is -0.356 e. The van der Waals surface area contributed by atoms with E-state index in [9.17, 15) is 4.79 Å². The molecule has 1 fully saturated rings. The zero-order valence-corrected chi connectivity index (χ0v) is 8.75. The zero-order valence-electron chi connectivity index (χ0n) is 8.75. The van der Waals surface area contributed by atoms with Crippen molar-refractivity contribution in [1.82, 2.24) is 5.32 Å². The van der Waals surface area contributed by atoms with Gasteiger partial charge in [0.05, 0.1) is 5.41 Å². The third-order valence-corrected chi connectivity index (χ3v) is 3.78. The first kappa shape index (κ1) is 8.96. The largest absolute Gasteiger partial charge is 0.356 e. The first-order valence-electron chi connectivity index (χ1n) is 5.65. The van der Waals surface area contributed by atoms with E-state index in [1.807, 2.05) is 0 Å². The summed E-state index contributed by atoms with van der Waals surface area (Å²) >= 11 is 0. The van der Waals surface area contributed by atoms with Crippen LogP contribution in [0.2, 0.25) is 0 Å². The van der Waals surface area contributed by atoms with Crippen LogP contribution in [0.25, 0.3) is 0 Å². The summed E-state index contributed by atoms with van der Waals surface area (Å²) < 4.78 is 0. The lowest BCUT2D eigenvalue weighted by atomic mass is 9.77. The minimum absolute atomic E-state index is 0.109. The van der Waals surface area contributed by atoms with E-state index in [4.69, 9.17) is 0 Å². The molecule has 2 heteroatoms. The molecule has 1 spiro atoms. The van der Waals surface area contributed by atoms with Gasteiger partial charge in [-0.3, -0.25) is 4.79 Å². The number of fused-ring (bicyclic) bond motifs is 1. The molecule has 78 valence electrons. The molecule has 1 aromatic rings.